The van der Waals surface area contributed by atoms with E-state index in [0.29, 0.717) is 5.92 Å². The number of nitrogens with zero attached hydrogens (tertiary/aromatic N) is 1. The molecule has 0 radical (unpaired) electrons. The summed E-state index contributed by atoms with van der Waals surface area (Å²) in [5, 5.41) is 0. The maximum Gasteiger partial charge on any atom is 0.0626 e. The molecule has 0 spiro atoms. The van der Waals surface area contributed by atoms with Gasteiger partial charge in [0.05, 0.1) is 5.70 Å². The lowest BCUT2D eigenvalue weighted by atomic mass is 9.77. The number of aliphatic imine (C=N–C) groups is 1. The Labute approximate surface area is 153 Å². The molecule has 0 N–H and O–H groups in total. The van der Waals surface area contributed by atoms with Crippen LogP contribution in [0, 0.1) is 12.3 Å². The van der Waals surface area contributed by atoms with Crippen LogP contribution < -0.4 is 0 Å². The van der Waals surface area contributed by atoms with Crippen LogP contribution in [0.1, 0.15) is 70.6 Å². The molecule has 3 rings (SSSR count). The van der Waals surface area contributed by atoms with E-state index in [1.54, 1.807) is 0 Å². The maximum atomic E-state index is 4.81. The molecule has 2 aliphatic carbocycles. The average molecular weight is 334 g/mol. The van der Waals surface area contributed by atoms with Crippen molar-refractivity contribution in [3.8, 4) is 0 Å². The molecule has 0 bridgehead atoms. The second kappa shape index (κ2) is 5.83. The van der Waals surface area contributed by atoms with Gasteiger partial charge in [0.25, 0.3) is 0 Å². The van der Waals surface area contributed by atoms with Crippen LogP contribution in [0.5, 0.6) is 0 Å². The first-order valence-corrected chi connectivity index (χ1v) is 9.30. The third-order valence-corrected chi connectivity index (χ3v) is 5.96. The molecule has 25 heavy (non-hydrogen) atoms. The first kappa shape index (κ1) is 17.9. The lowest BCUT2D eigenvalue weighted by molar-refractivity contribution is 0.587. The Morgan fingerprint density at radius 1 is 1.24 bits per heavy atom. The van der Waals surface area contributed by atoms with Gasteiger partial charge in [-0.25, -0.2) is 0 Å². The van der Waals surface area contributed by atoms with Gasteiger partial charge in [-0.3, -0.25) is 4.99 Å². The fourth-order valence-corrected chi connectivity index (χ4v) is 3.92. The normalized spacial score (nSPS) is 22.0. The Morgan fingerprint density at radius 2 is 1.92 bits per heavy atom. The Balaban J connectivity index is 1.97. The van der Waals surface area contributed by atoms with Crippen LogP contribution in [-0.4, -0.2) is 5.71 Å². The smallest absolute Gasteiger partial charge is 0.0626 e. The minimum absolute atomic E-state index is 0.0776. The van der Waals surface area contributed by atoms with Gasteiger partial charge in [-0.2, -0.15) is 0 Å². The maximum absolute atomic E-state index is 4.81. The van der Waals surface area contributed by atoms with Crippen LogP contribution in [0.15, 0.2) is 58.8 Å². The van der Waals surface area contributed by atoms with Crippen LogP contribution in [0.2, 0.25) is 0 Å². The van der Waals surface area contributed by atoms with Crippen molar-refractivity contribution >= 4 is 5.71 Å². The zero-order valence-electron chi connectivity index (χ0n) is 16.8. The minimum atomic E-state index is 0.0776. The van der Waals surface area contributed by atoms with E-state index in [2.05, 4.69) is 85.4 Å². The summed E-state index contributed by atoms with van der Waals surface area (Å²) in [4.78, 5) is 4.81. The van der Waals surface area contributed by atoms with Gasteiger partial charge in [0, 0.05) is 17.0 Å². The number of hydrogen-bond donors (Lipinski definition) is 0. The van der Waals surface area contributed by atoms with Crippen molar-refractivity contribution < 1.29 is 0 Å². The van der Waals surface area contributed by atoms with E-state index >= 15 is 0 Å². The van der Waals surface area contributed by atoms with Crippen molar-refractivity contribution in [3.05, 3.63) is 70.5 Å². The van der Waals surface area contributed by atoms with Crippen LogP contribution in [-0.2, 0) is 5.41 Å². The summed E-state index contributed by atoms with van der Waals surface area (Å²) in [6, 6.07) is 6.94. The summed E-state index contributed by atoms with van der Waals surface area (Å²) in [5.41, 5.74) is 9.19. The van der Waals surface area contributed by atoms with Crippen molar-refractivity contribution in [2.75, 3.05) is 0 Å². The summed E-state index contributed by atoms with van der Waals surface area (Å²) in [5.74, 6) is 0.509. The molecule has 0 saturated heterocycles. The molecule has 1 unspecified atom stereocenters. The molecular weight excluding hydrogens is 302 g/mol. The highest BCUT2D eigenvalue weighted by atomic mass is 14.8. The van der Waals surface area contributed by atoms with Gasteiger partial charge in [-0.1, -0.05) is 82.7 Å². The molecule has 0 fully saturated rings. The average Bonchev–Trinajstić information content (AvgIpc) is 2.74. The summed E-state index contributed by atoms with van der Waals surface area (Å²) < 4.78 is 0. The number of fused-ring (bicyclic) bond motifs is 3. The van der Waals surface area contributed by atoms with Gasteiger partial charge >= 0.3 is 0 Å². The zero-order valence-corrected chi connectivity index (χ0v) is 16.8. The molecule has 0 aliphatic heterocycles. The van der Waals surface area contributed by atoms with E-state index in [-0.39, 0.29) is 10.8 Å². The zero-order chi connectivity index (χ0) is 18.6. The summed E-state index contributed by atoms with van der Waals surface area (Å²) in [6.45, 7) is 19.8. The molecule has 1 heteroatoms. The number of rotatable bonds is 2. The molecule has 1 aromatic carbocycles. The monoisotopic (exact) mass is 333 g/mol. The number of benzene rings is 1. The third-order valence-electron chi connectivity index (χ3n) is 5.96. The second-order valence-electron chi connectivity index (χ2n) is 9.16. The molecule has 1 aromatic rings. The highest BCUT2D eigenvalue weighted by molar-refractivity contribution is 5.88. The van der Waals surface area contributed by atoms with E-state index in [0.717, 1.165) is 17.8 Å². The molecule has 0 aromatic heterocycles. The summed E-state index contributed by atoms with van der Waals surface area (Å²) in [6.07, 6.45) is 5.72. The van der Waals surface area contributed by atoms with Crippen LogP contribution in [0.3, 0.4) is 0 Å². The van der Waals surface area contributed by atoms with E-state index in [9.17, 15) is 0 Å². The SMILES string of the molecule is C=C(N=C(C)C(C)(C)C)C1=CCC2C(=C1)C(C)(C)c1cc(C)ccc12. The topological polar surface area (TPSA) is 12.4 Å². The lowest BCUT2D eigenvalue weighted by Gasteiger charge is -2.27. The first-order chi connectivity index (χ1) is 11.5. The predicted molar refractivity (Wildman–Crippen MR) is 109 cm³/mol. The Hall–Kier alpha value is -1.89. The summed E-state index contributed by atoms with van der Waals surface area (Å²) >= 11 is 0. The van der Waals surface area contributed by atoms with Gasteiger partial charge in [0.1, 0.15) is 0 Å². The minimum Gasteiger partial charge on any atom is -0.258 e. The molecular formula is C24H31N. The van der Waals surface area contributed by atoms with E-state index in [4.69, 9.17) is 4.99 Å². The van der Waals surface area contributed by atoms with Gasteiger partial charge < -0.3 is 0 Å². The molecule has 1 atom stereocenters. The summed E-state index contributed by atoms with van der Waals surface area (Å²) in [7, 11) is 0. The van der Waals surface area contributed by atoms with Crippen molar-refractivity contribution in [3.63, 3.8) is 0 Å². The third kappa shape index (κ3) is 3.05. The van der Waals surface area contributed by atoms with Crippen molar-refractivity contribution in [2.24, 2.45) is 10.4 Å². The highest BCUT2D eigenvalue weighted by Crippen LogP contribution is 2.54. The predicted octanol–water partition coefficient (Wildman–Crippen LogP) is 6.65. The van der Waals surface area contributed by atoms with Gasteiger partial charge in [-0.05, 0) is 42.4 Å². The fraction of sp³-hybridized carbons (Fsp3) is 0.458. The van der Waals surface area contributed by atoms with Crippen molar-refractivity contribution in [2.45, 2.75) is 66.2 Å². The van der Waals surface area contributed by atoms with E-state index < -0.39 is 0 Å². The molecule has 132 valence electrons. The largest absolute Gasteiger partial charge is 0.258 e. The standard InChI is InChI=1S/C24H31N/c1-15-9-11-19-20-12-10-18(16(2)25-17(3)23(4,5)6)14-22(20)24(7,8)21(19)13-15/h9-11,13-14,20H,2,12H2,1,3-8H3. The van der Waals surface area contributed by atoms with Crippen LogP contribution in [0.25, 0.3) is 0 Å². The molecule has 2 aliphatic rings. The van der Waals surface area contributed by atoms with E-state index in [1.807, 2.05) is 0 Å². The lowest BCUT2D eigenvalue weighted by Crippen LogP contribution is -2.19. The highest BCUT2D eigenvalue weighted by Gasteiger charge is 2.42. The fourth-order valence-electron chi connectivity index (χ4n) is 3.92. The van der Waals surface area contributed by atoms with E-state index in [1.165, 1.54) is 27.8 Å². The molecule has 0 heterocycles. The van der Waals surface area contributed by atoms with Gasteiger partial charge in [0.15, 0.2) is 0 Å². The van der Waals surface area contributed by atoms with Gasteiger partial charge in [-0.15, -0.1) is 0 Å². The number of aryl methyl sites for hydroxylation is 1. The Kier molecular flexibility index (Phi) is 4.18. The Morgan fingerprint density at radius 3 is 2.56 bits per heavy atom. The Bertz CT molecular complexity index is 822. The van der Waals surface area contributed by atoms with Crippen molar-refractivity contribution in [1.82, 2.24) is 0 Å². The van der Waals surface area contributed by atoms with Gasteiger partial charge in [0.2, 0.25) is 0 Å². The molecule has 0 saturated carbocycles. The molecule has 1 nitrogen and oxygen atoms in total. The quantitative estimate of drug-likeness (QED) is 0.537. The van der Waals surface area contributed by atoms with Crippen LogP contribution >= 0.6 is 0 Å². The first-order valence-electron chi connectivity index (χ1n) is 9.30. The second-order valence-corrected chi connectivity index (χ2v) is 9.16. The van der Waals surface area contributed by atoms with Crippen molar-refractivity contribution in [1.29, 1.82) is 0 Å². The number of hydrogen-bond acceptors (Lipinski definition) is 1. The molecule has 0 amide bonds. The number of allylic oxidation sites excluding steroid dienone is 3. The van der Waals surface area contributed by atoms with Crippen LogP contribution in [0.4, 0.5) is 0 Å².